The highest BCUT2D eigenvalue weighted by atomic mass is 19.2. The summed E-state index contributed by atoms with van der Waals surface area (Å²) in [5.41, 5.74) is -0.381. The normalized spacial score (nSPS) is 21.0. The molecule has 0 radical (unpaired) electrons. The van der Waals surface area contributed by atoms with Crippen LogP contribution in [0.5, 0.6) is 0 Å². The fourth-order valence-corrected chi connectivity index (χ4v) is 2.87. The Morgan fingerprint density at radius 1 is 1.29 bits per heavy atom. The summed E-state index contributed by atoms with van der Waals surface area (Å²) in [4.78, 5) is 2.10. The highest BCUT2D eigenvalue weighted by molar-refractivity contribution is 5.29. The number of halogens is 2. The van der Waals surface area contributed by atoms with Crippen LogP contribution in [0.25, 0.3) is 0 Å². The number of aryl methyl sites for hydroxylation is 1. The van der Waals surface area contributed by atoms with E-state index in [9.17, 15) is 13.9 Å². The van der Waals surface area contributed by atoms with Gasteiger partial charge in [-0.1, -0.05) is 19.1 Å². The zero-order valence-electron chi connectivity index (χ0n) is 12.8. The molecule has 1 aromatic carbocycles. The molecular formula is C16H23F2NO2. The maximum Gasteiger partial charge on any atom is 0.164 e. The molecule has 2 rings (SSSR count). The van der Waals surface area contributed by atoms with Crippen LogP contribution in [-0.2, 0) is 4.74 Å². The number of nitrogens with zero attached hydrogens (tertiary/aromatic N) is 1. The summed E-state index contributed by atoms with van der Waals surface area (Å²) in [7, 11) is 0. The number of hydrogen-bond donors (Lipinski definition) is 1. The SMILES string of the molecule is CCC(C)(C(O)c1ccc(C)c(F)c1F)N1CCOCC1. The van der Waals surface area contributed by atoms with Crippen LogP contribution in [0.3, 0.4) is 0 Å². The van der Waals surface area contributed by atoms with Crippen molar-refractivity contribution in [3.8, 4) is 0 Å². The largest absolute Gasteiger partial charge is 0.386 e. The van der Waals surface area contributed by atoms with Crippen LogP contribution in [0.2, 0.25) is 0 Å². The van der Waals surface area contributed by atoms with E-state index >= 15 is 0 Å². The summed E-state index contributed by atoms with van der Waals surface area (Å²) >= 11 is 0. The monoisotopic (exact) mass is 299 g/mol. The van der Waals surface area contributed by atoms with Crippen molar-refractivity contribution in [1.29, 1.82) is 0 Å². The summed E-state index contributed by atoms with van der Waals surface area (Å²) in [6.07, 6.45) is -0.459. The number of benzene rings is 1. The number of aliphatic hydroxyl groups is 1. The number of hydrogen-bond acceptors (Lipinski definition) is 3. The van der Waals surface area contributed by atoms with Gasteiger partial charge in [0, 0.05) is 24.2 Å². The van der Waals surface area contributed by atoms with Gasteiger partial charge in [-0.05, 0) is 25.8 Å². The maximum atomic E-state index is 14.2. The Hall–Kier alpha value is -1.04. The quantitative estimate of drug-likeness (QED) is 0.928. The lowest BCUT2D eigenvalue weighted by atomic mass is 9.84. The van der Waals surface area contributed by atoms with E-state index in [0.717, 1.165) is 0 Å². The molecule has 2 atom stereocenters. The van der Waals surface area contributed by atoms with Crippen molar-refractivity contribution in [2.24, 2.45) is 0 Å². The second-order valence-corrected chi connectivity index (χ2v) is 5.81. The van der Waals surface area contributed by atoms with E-state index in [1.54, 1.807) is 0 Å². The molecule has 3 nitrogen and oxygen atoms in total. The van der Waals surface area contributed by atoms with Gasteiger partial charge >= 0.3 is 0 Å². The zero-order valence-corrected chi connectivity index (χ0v) is 12.8. The molecule has 118 valence electrons. The van der Waals surface area contributed by atoms with Gasteiger partial charge < -0.3 is 9.84 Å². The average molecular weight is 299 g/mol. The van der Waals surface area contributed by atoms with Gasteiger partial charge in [0.1, 0.15) is 0 Å². The molecule has 1 fully saturated rings. The van der Waals surface area contributed by atoms with E-state index in [1.807, 2.05) is 13.8 Å². The first-order valence-electron chi connectivity index (χ1n) is 7.37. The highest BCUT2D eigenvalue weighted by Gasteiger charge is 2.40. The van der Waals surface area contributed by atoms with Crippen molar-refractivity contribution in [2.75, 3.05) is 26.3 Å². The number of rotatable bonds is 4. The fraction of sp³-hybridized carbons (Fsp3) is 0.625. The lowest BCUT2D eigenvalue weighted by Crippen LogP contribution is -2.54. The molecule has 1 aliphatic heterocycles. The molecule has 1 aliphatic rings. The van der Waals surface area contributed by atoms with Gasteiger partial charge in [0.2, 0.25) is 0 Å². The van der Waals surface area contributed by atoms with E-state index in [1.165, 1.54) is 19.1 Å². The van der Waals surface area contributed by atoms with Crippen LogP contribution >= 0.6 is 0 Å². The predicted octanol–water partition coefficient (Wildman–Crippen LogP) is 2.81. The Kier molecular flexibility index (Phi) is 4.96. The fourth-order valence-electron chi connectivity index (χ4n) is 2.87. The summed E-state index contributed by atoms with van der Waals surface area (Å²) < 4.78 is 33.3. The first-order chi connectivity index (χ1) is 9.91. The first-order valence-corrected chi connectivity index (χ1v) is 7.37. The van der Waals surface area contributed by atoms with E-state index in [4.69, 9.17) is 4.74 Å². The molecule has 0 amide bonds. The molecular weight excluding hydrogens is 276 g/mol. The maximum absolute atomic E-state index is 14.2. The van der Waals surface area contributed by atoms with Crippen LogP contribution in [0.15, 0.2) is 12.1 Å². The van der Waals surface area contributed by atoms with Crippen LogP contribution in [0.1, 0.15) is 37.5 Å². The Morgan fingerprint density at radius 3 is 2.48 bits per heavy atom. The Morgan fingerprint density at radius 2 is 1.90 bits per heavy atom. The number of ether oxygens (including phenoxy) is 1. The van der Waals surface area contributed by atoms with Gasteiger partial charge in [0.25, 0.3) is 0 Å². The lowest BCUT2D eigenvalue weighted by Gasteiger charge is -2.46. The molecule has 0 aliphatic carbocycles. The van der Waals surface area contributed by atoms with Crippen molar-refractivity contribution in [1.82, 2.24) is 4.90 Å². The van der Waals surface area contributed by atoms with Gasteiger partial charge in [-0.15, -0.1) is 0 Å². The second-order valence-electron chi connectivity index (χ2n) is 5.81. The van der Waals surface area contributed by atoms with Crippen LogP contribution < -0.4 is 0 Å². The molecule has 21 heavy (non-hydrogen) atoms. The van der Waals surface area contributed by atoms with Crippen LogP contribution in [0.4, 0.5) is 8.78 Å². The Bertz CT molecular complexity index is 503. The molecule has 0 bridgehead atoms. The molecule has 5 heteroatoms. The van der Waals surface area contributed by atoms with Gasteiger partial charge in [-0.25, -0.2) is 8.78 Å². The average Bonchev–Trinajstić information content (AvgIpc) is 2.52. The Labute approximate surface area is 124 Å². The molecule has 2 unspecified atom stereocenters. The molecule has 1 aromatic rings. The summed E-state index contributed by atoms with van der Waals surface area (Å²) in [5, 5.41) is 10.7. The highest BCUT2D eigenvalue weighted by Crippen LogP contribution is 2.36. The zero-order chi connectivity index (χ0) is 15.6. The number of aliphatic hydroxyl groups excluding tert-OH is 1. The molecule has 0 aromatic heterocycles. The van der Waals surface area contributed by atoms with Crippen molar-refractivity contribution < 1.29 is 18.6 Å². The smallest absolute Gasteiger partial charge is 0.164 e. The minimum Gasteiger partial charge on any atom is -0.386 e. The number of morpholine rings is 1. The Balaban J connectivity index is 2.35. The molecule has 1 N–H and O–H groups in total. The molecule has 0 spiro atoms. The summed E-state index contributed by atoms with van der Waals surface area (Å²) in [6, 6.07) is 2.99. The van der Waals surface area contributed by atoms with E-state index in [0.29, 0.717) is 32.7 Å². The van der Waals surface area contributed by atoms with Gasteiger partial charge in [0.05, 0.1) is 19.3 Å². The minimum atomic E-state index is -1.09. The summed E-state index contributed by atoms with van der Waals surface area (Å²) in [6.45, 7) is 7.88. The van der Waals surface area contributed by atoms with Crippen LogP contribution in [0, 0.1) is 18.6 Å². The van der Waals surface area contributed by atoms with Gasteiger partial charge in [-0.3, -0.25) is 4.90 Å². The van der Waals surface area contributed by atoms with Crippen molar-refractivity contribution >= 4 is 0 Å². The van der Waals surface area contributed by atoms with Crippen molar-refractivity contribution in [2.45, 2.75) is 38.8 Å². The minimum absolute atomic E-state index is 0.0222. The predicted molar refractivity (Wildman–Crippen MR) is 77.1 cm³/mol. The van der Waals surface area contributed by atoms with E-state index in [-0.39, 0.29) is 11.1 Å². The third kappa shape index (κ3) is 2.96. The first kappa shape index (κ1) is 16.3. The van der Waals surface area contributed by atoms with Gasteiger partial charge in [0.15, 0.2) is 11.6 Å². The van der Waals surface area contributed by atoms with Crippen LogP contribution in [-0.4, -0.2) is 41.8 Å². The second kappa shape index (κ2) is 6.38. The molecule has 1 saturated heterocycles. The topological polar surface area (TPSA) is 32.7 Å². The third-order valence-electron chi connectivity index (χ3n) is 4.64. The van der Waals surface area contributed by atoms with E-state index in [2.05, 4.69) is 4.90 Å². The van der Waals surface area contributed by atoms with Gasteiger partial charge in [-0.2, -0.15) is 0 Å². The van der Waals surface area contributed by atoms with Crippen molar-refractivity contribution in [3.05, 3.63) is 34.9 Å². The molecule has 1 heterocycles. The molecule has 0 saturated carbocycles. The van der Waals surface area contributed by atoms with E-state index < -0.39 is 23.3 Å². The lowest BCUT2D eigenvalue weighted by molar-refractivity contribution is -0.0744. The summed E-state index contributed by atoms with van der Waals surface area (Å²) in [5.74, 6) is -1.83. The third-order valence-corrected chi connectivity index (χ3v) is 4.64. The standard InChI is InChI=1S/C16H23F2NO2/c1-4-16(3,19-7-9-21-10-8-19)15(20)12-6-5-11(2)13(17)14(12)18/h5-6,15,20H,4,7-10H2,1-3H3. The van der Waals surface area contributed by atoms with Crippen molar-refractivity contribution in [3.63, 3.8) is 0 Å².